The smallest absolute Gasteiger partial charge is 0.221 e. The Morgan fingerprint density at radius 1 is 0.838 bits per heavy atom. The van der Waals surface area contributed by atoms with E-state index in [2.05, 4.69) is 5.32 Å². The standard InChI is InChI=1S/C28H25NO8/c1-16(30)29-19-7-5-17(6-8-19)23(31)15-36-20-9-10-24-21(13-20)22(14-37-24)27(32)18-11-25(33-2)28(35-4)26(12-18)34-3/h5-14H,15H2,1-4H3,(H,29,30). The SMILES string of the molecule is COc1cc(C(=O)c2coc3ccc(OCC(=O)c4ccc(NC(C)=O)cc4)cc23)cc(OC)c1OC. The summed E-state index contributed by atoms with van der Waals surface area (Å²) in [6, 6.07) is 14.6. The predicted octanol–water partition coefficient (Wildman–Crippen LogP) is 4.91. The van der Waals surface area contributed by atoms with Gasteiger partial charge in [-0.1, -0.05) is 0 Å². The highest BCUT2D eigenvalue weighted by Gasteiger charge is 2.21. The molecule has 1 amide bonds. The van der Waals surface area contributed by atoms with E-state index in [4.69, 9.17) is 23.4 Å². The van der Waals surface area contributed by atoms with Gasteiger partial charge in [0.25, 0.3) is 0 Å². The molecule has 3 aromatic carbocycles. The number of benzene rings is 3. The second-order valence-corrected chi connectivity index (χ2v) is 8.02. The summed E-state index contributed by atoms with van der Waals surface area (Å²) in [7, 11) is 4.43. The number of ether oxygens (including phenoxy) is 4. The zero-order chi connectivity index (χ0) is 26.5. The van der Waals surface area contributed by atoms with Crippen molar-refractivity contribution in [2.24, 2.45) is 0 Å². The maximum Gasteiger partial charge on any atom is 0.221 e. The maximum atomic E-state index is 13.4. The molecule has 9 nitrogen and oxygen atoms in total. The van der Waals surface area contributed by atoms with Crippen LogP contribution in [0.15, 0.2) is 65.3 Å². The summed E-state index contributed by atoms with van der Waals surface area (Å²) in [5.74, 6) is 0.733. The lowest BCUT2D eigenvalue weighted by atomic mass is 10.0. The van der Waals surface area contributed by atoms with Crippen LogP contribution in [-0.2, 0) is 4.79 Å². The lowest BCUT2D eigenvalue weighted by molar-refractivity contribution is -0.114. The number of carbonyl (C=O) groups excluding carboxylic acids is 3. The first kappa shape index (κ1) is 25.3. The fourth-order valence-electron chi connectivity index (χ4n) is 3.82. The highest BCUT2D eigenvalue weighted by Crippen LogP contribution is 2.39. The number of Topliss-reactive ketones (excluding diaryl/α,β-unsaturated/α-hetero) is 1. The van der Waals surface area contributed by atoms with Crippen molar-refractivity contribution in [2.75, 3.05) is 33.3 Å². The van der Waals surface area contributed by atoms with Crippen LogP contribution in [0.1, 0.15) is 33.2 Å². The zero-order valence-corrected chi connectivity index (χ0v) is 20.7. The molecule has 0 saturated carbocycles. The molecule has 0 aliphatic carbocycles. The van der Waals surface area contributed by atoms with E-state index in [1.54, 1.807) is 54.6 Å². The molecule has 4 rings (SSSR count). The third-order valence-corrected chi connectivity index (χ3v) is 5.61. The number of hydrogen-bond acceptors (Lipinski definition) is 8. The summed E-state index contributed by atoms with van der Waals surface area (Å²) in [5, 5.41) is 3.18. The molecule has 0 atom stereocenters. The Labute approximate surface area is 212 Å². The molecule has 190 valence electrons. The summed E-state index contributed by atoms with van der Waals surface area (Å²) >= 11 is 0. The molecule has 0 bridgehead atoms. The minimum absolute atomic E-state index is 0.194. The first-order valence-corrected chi connectivity index (χ1v) is 11.2. The number of nitrogens with one attached hydrogen (secondary N) is 1. The molecule has 0 saturated heterocycles. The van der Waals surface area contributed by atoms with Gasteiger partial charge in [-0.05, 0) is 54.6 Å². The van der Waals surface area contributed by atoms with Crippen molar-refractivity contribution in [1.82, 2.24) is 0 Å². The number of fused-ring (bicyclic) bond motifs is 1. The van der Waals surface area contributed by atoms with Crippen LogP contribution in [0, 0.1) is 0 Å². The fraction of sp³-hybridized carbons (Fsp3) is 0.179. The van der Waals surface area contributed by atoms with Gasteiger partial charge in [-0.3, -0.25) is 14.4 Å². The van der Waals surface area contributed by atoms with Crippen LogP contribution >= 0.6 is 0 Å². The number of rotatable bonds is 10. The van der Waals surface area contributed by atoms with Gasteiger partial charge in [0.15, 0.2) is 29.7 Å². The van der Waals surface area contributed by atoms with E-state index in [1.165, 1.54) is 34.5 Å². The highest BCUT2D eigenvalue weighted by molar-refractivity contribution is 6.16. The van der Waals surface area contributed by atoms with Crippen LogP contribution in [0.2, 0.25) is 0 Å². The van der Waals surface area contributed by atoms with Gasteiger partial charge in [-0.15, -0.1) is 0 Å². The van der Waals surface area contributed by atoms with Crippen molar-refractivity contribution in [3.63, 3.8) is 0 Å². The largest absolute Gasteiger partial charge is 0.493 e. The number of hydrogen-bond donors (Lipinski definition) is 1. The Morgan fingerprint density at radius 2 is 1.51 bits per heavy atom. The second kappa shape index (κ2) is 10.9. The highest BCUT2D eigenvalue weighted by atomic mass is 16.5. The molecular formula is C28H25NO8. The maximum absolute atomic E-state index is 13.4. The van der Waals surface area contributed by atoms with Crippen molar-refractivity contribution in [1.29, 1.82) is 0 Å². The molecule has 0 unspecified atom stereocenters. The van der Waals surface area contributed by atoms with Gasteiger partial charge in [0.05, 0.1) is 26.9 Å². The zero-order valence-electron chi connectivity index (χ0n) is 20.7. The van der Waals surface area contributed by atoms with Gasteiger partial charge in [0, 0.05) is 29.1 Å². The third-order valence-electron chi connectivity index (χ3n) is 5.61. The Balaban J connectivity index is 1.54. The van der Waals surface area contributed by atoms with E-state index in [0.717, 1.165) is 0 Å². The summed E-state index contributed by atoms with van der Waals surface area (Å²) in [6.45, 7) is 1.20. The lowest BCUT2D eigenvalue weighted by Gasteiger charge is -2.13. The van der Waals surface area contributed by atoms with Crippen LogP contribution in [0.5, 0.6) is 23.0 Å². The van der Waals surface area contributed by atoms with Crippen LogP contribution in [-0.4, -0.2) is 45.4 Å². The van der Waals surface area contributed by atoms with Crippen molar-refractivity contribution in [2.45, 2.75) is 6.92 Å². The number of carbonyl (C=O) groups is 3. The molecule has 0 spiro atoms. The Hall–Kier alpha value is -4.79. The van der Waals surface area contributed by atoms with E-state index in [0.29, 0.717) is 56.3 Å². The average molecular weight is 504 g/mol. The third kappa shape index (κ3) is 5.40. The number of methoxy groups -OCH3 is 3. The van der Waals surface area contributed by atoms with Gasteiger partial charge in [-0.25, -0.2) is 0 Å². The van der Waals surface area contributed by atoms with Gasteiger partial charge >= 0.3 is 0 Å². The molecule has 0 aliphatic heterocycles. The van der Waals surface area contributed by atoms with Crippen molar-refractivity contribution in [3.8, 4) is 23.0 Å². The predicted molar refractivity (Wildman–Crippen MR) is 136 cm³/mol. The molecule has 0 fully saturated rings. The van der Waals surface area contributed by atoms with Gasteiger partial charge in [-0.2, -0.15) is 0 Å². The quantitative estimate of drug-likeness (QED) is 0.304. The number of anilines is 1. The molecule has 1 aromatic heterocycles. The summed E-state index contributed by atoms with van der Waals surface area (Å²) in [5.41, 5.74) is 2.16. The summed E-state index contributed by atoms with van der Waals surface area (Å²) in [4.78, 5) is 37.1. The van der Waals surface area contributed by atoms with Gasteiger partial charge in [0.2, 0.25) is 11.7 Å². The molecule has 1 N–H and O–H groups in total. The van der Waals surface area contributed by atoms with Crippen molar-refractivity contribution < 1.29 is 37.7 Å². The molecule has 0 aliphatic rings. The lowest BCUT2D eigenvalue weighted by Crippen LogP contribution is -2.12. The first-order valence-electron chi connectivity index (χ1n) is 11.2. The fourth-order valence-corrected chi connectivity index (χ4v) is 3.82. The van der Waals surface area contributed by atoms with Gasteiger partial charge < -0.3 is 28.7 Å². The summed E-state index contributed by atoms with van der Waals surface area (Å²) in [6.07, 6.45) is 1.38. The molecule has 37 heavy (non-hydrogen) atoms. The average Bonchev–Trinajstić information content (AvgIpc) is 3.33. The molecule has 0 radical (unpaired) electrons. The Bertz CT molecular complexity index is 1440. The molecular weight excluding hydrogens is 478 g/mol. The van der Waals surface area contributed by atoms with E-state index < -0.39 is 0 Å². The van der Waals surface area contributed by atoms with Crippen molar-refractivity contribution in [3.05, 3.63) is 77.6 Å². The molecule has 1 heterocycles. The van der Waals surface area contributed by atoms with Crippen LogP contribution < -0.4 is 24.3 Å². The Kier molecular flexibility index (Phi) is 7.43. The molecule has 9 heteroatoms. The first-order chi connectivity index (χ1) is 17.8. The van der Waals surface area contributed by atoms with Crippen LogP contribution in [0.3, 0.4) is 0 Å². The Morgan fingerprint density at radius 3 is 2.11 bits per heavy atom. The minimum Gasteiger partial charge on any atom is -0.493 e. The van der Waals surface area contributed by atoms with E-state index >= 15 is 0 Å². The van der Waals surface area contributed by atoms with E-state index in [9.17, 15) is 14.4 Å². The summed E-state index contributed by atoms with van der Waals surface area (Å²) < 4.78 is 27.3. The van der Waals surface area contributed by atoms with E-state index in [1.807, 2.05) is 0 Å². The number of ketones is 2. The number of furan rings is 1. The van der Waals surface area contributed by atoms with Crippen molar-refractivity contribution >= 4 is 34.1 Å². The molecule has 4 aromatic rings. The van der Waals surface area contributed by atoms with E-state index in [-0.39, 0.29) is 24.1 Å². The monoisotopic (exact) mass is 503 g/mol. The second-order valence-electron chi connectivity index (χ2n) is 8.02. The minimum atomic E-state index is -0.314. The normalized spacial score (nSPS) is 10.6. The topological polar surface area (TPSA) is 113 Å². The van der Waals surface area contributed by atoms with Crippen LogP contribution in [0.4, 0.5) is 5.69 Å². The van der Waals surface area contributed by atoms with Gasteiger partial charge in [0.1, 0.15) is 17.6 Å². The number of amides is 1. The van der Waals surface area contributed by atoms with Crippen LogP contribution in [0.25, 0.3) is 11.0 Å².